The van der Waals surface area contributed by atoms with Gasteiger partial charge >= 0.3 is 0 Å². The van der Waals surface area contributed by atoms with Crippen molar-refractivity contribution in [1.82, 2.24) is 15.1 Å². The van der Waals surface area contributed by atoms with Crippen LogP contribution in [0, 0.1) is 5.92 Å². The van der Waals surface area contributed by atoms with Crippen LogP contribution in [0.25, 0.3) is 11.5 Å². The lowest BCUT2D eigenvalue weighted by Crippen LogP contribution is -2.38. The topological polar surface area (TPSA) is 42.2 Å². The number of nitrogens with zero attached hydrogens (tertiary/aromatic N) is 3. The molecule has 0 bridgehead atoms. The Morgan fingerprint density at radius 3 is 2.19 bits per heavy atom. The Kier molecular flexibility index (Phi) is 6.33. The van der Waals surface area contributed by atoms with Gasteiger partial charge in [0.15, 0.2) is 0 Å². The molecule has 3 aromatic carbocycles. The third-order valence-electron chi connectivity index (χ3n) is 6.26. The second-order valence-corrected chi connectivity index (χ2v) is 8.87. The number of hydrogen-bond donors (Lipinski definition) is 0. The molecule has 5 heteroatoms. The van der Waals surface area contributed by atoms with Gasteiger partial charge in [0.25, 0.3) is 0 Å². The summed E-state index contributed by atoms with van der Waals surface area (Å²) in [7, 11) is 0. The average molecular weight is 444 g/mol. The molecule has 0 saturated carbocycles. The predicted molar refractivity (Wildman–Crippen MR) is 127 cm³/mol. The van der Waals surface area contributed by atoms with Crippen molar-refractivity contribution >= 4 is 11.6 Å². The second kappa shape index (κ2) is 9.68. The summed E-state index contributed by atoms with van der Waals surface area (Å²) >= 11 is 6.03. The molecule has 1 aromatic heterocycles. The minimum absolute atomic E-state index is 0.0394. The predicted octanol–water partition coefficient (Wildman–Crippen LogP) is 6.43. The lowest BCUT2D eigenvalue weighted by atomic mass is 9.89. The highest BCUT2D eigenvalue weighted by atomic mass is 35.5. The number of halogens is 1. The van der Waals surface area contributed by atoms with Crippen molar-refractivity contribution in [2.24, 2.45) is 5.92 Å². The van der Waals surface area contributed by atoms with E-state index in [-0.39, 0.29) is 6.04 Å². The van der Waals surface area contributed by atoms with Crippen LogP contribution in [0.1, 0.15) is 35.9 Å². The van der Waals surface area contributed by atoms with Crippen LogP contribution < -0.4 is 0 Å². The van der Waals surface area contributed by atoms with E-state index in [4.69, 9.17) is 16.0 Å². The molecule has 1 atom stereocenters. The van der Waals surface area contributed by atoms with Crippen LogP contribution in [0.2, 0.25) is 5.02 Å². The Hall–Kier alpha value is -2.95. The van der Waals surface area contributed by atoms with Crippen LogP contribution in [0.4, 0.5) is 0 Å². The van der Waals surface area contributed by atoms with E-state index in [1.165, 1.54) is 11.1 Å². The molecule has 0 radical (unpaired) electrons. The lowest BCUT2D eigenvalue weighted by molar-refractivity contribution is 0.135. The molecule has 4 aromatic rings. The molecule has 4 nitrogen and oxygen atoms in total. The molecule has 1 aliphatic rings. The van der Waals surface area contributed by atoms with Gasteiger partial charge in [-0.05, 0) is 73.7 Å². The third kappa shape index (κ3) is 4.77. The molecular weight excluding hydrogens is 418 g/mol. The van der Waals surface area contributed by atoms with Gasteiger partial charge in [0.05, 0.1) is 0 Å². The molecule has 0 amide bonds. The zero-order valence-electron chi connectivity index (χ0n) is 17.9. The zero-order valence-corrected chi connectivity index (χ0v) is 18.7. The number of piperidine rings is 1. The fraction of sp³-hybridized carbons (Fsp3) is 0.259. The molecule has 162 valence electrons. The van der Waals surface area contributed by atoms with E-state index >= 15 is 0 Å². The maximum absolute atomic E-state index is 6.19. The summed E-state index contributed by atoms with van der Waals surface area (Å²) in [6.45, 7) is 2.02. The van der Waals surface area contributed by atoms with E-state index in [1.807, 2.05) is 30.3 Å². The fourth-order valence-electron chi connectivity index (χ4n) is 4.56. The Bertz CT molecular complexity index is 1120. The van der Waals surface area contributed by atoms with Gasteiger partial charge in [-0.25, -0.2) is 0 Å². The Balaban J connectivity index is 1.35. The molecule has 32 heavy (non-hydrogen) atoms. The van der Waals surface area contributed by atoms with Crippen LogP contribution in [0.15, 0.2) is 89.3 Å². The maximum atomic E-state index is 6.19. The van der Waals surface area contributed by atoms with Crippen LogP contribution in [0.3, 0.4) is 0 Å². The van der Waals surface area contributed by atoms with Gasteiger partial charge in [0.1, 0.15) is 6.04 Å². The summed E-state index contributed by atoms with van der Waals surface area (Å²) in [5.41, 5.74) is 3.48. The van der Waals surface area contributed by atoms with Crippen molar-refractivity contribution in [3.8, 4) is 11.5 Å². The molecule has 2 heterocycles. The average Bonchev–Trinajstić information content (AvgIpc) is 3.32. The summed E-state index contributed by atoms with van der Waals surface area (Å²) < 4.78 is 6.19. The van der Waals surface area contributed by atoms with Crippen molar-refractivity contribution in [2.75, 3.05) is 13.1 Å². The van der Waals surface area contributed by atoms with Crippen molar-refractivity contribution in [3.05, 3.63) is 107 Å². The van der Waals surface area contributed by atoms with Crippen molar-refractivity contribution < 1.29 is 4.42 Å². The highest BCUT2D eigenvalue weighted by Crippen LogP contribution is 2.34. The third-order valence-corrected chi connectivity index (χ3v) is 6.51. The molecular formula is C27H26ClN3O. The largest absolute Gasteiger partial charge is 0.419 e. The van der Waals surface area contributed by atoms with Gasteiger partial charge in [-0.2, -0.15) is 0 Å². The highest BCUT2D eigenvalue weighted by molar-refractivity contribution is 6.30. The summed E-state index contributed by atoms with van der Waals surface area (Å²) in [5, 5.41) is 9.49. The quantitative estimate of drug-likeness (QED) is 0.344. The smallest absolute Gasteiger partial charge is 0.247 e. The van der Waals surface area contributed by atoms with Crippen LogP contribution in [-0.4, -0.2) is 28.2 Å². The molecule has 1 saturated heterocycles. The molecule has 1 aliphatic heterocycles. The van der Waals surface area contributed by atoms with Crippen LogP contribution in [-0.2, 0) is 6.42 Å². The number of benzene rings is 3. The van der Waals surface area contributed by atoms with Gasteiger partial charge in [0.2, 0.25) is 11.8 Å². The minimum atomic E-state index is -0.0394. The lowest BCUT2D eigenvalue weighted by Gasteiger charge is -2.36. The highest BCUT2D eigenvalue weighted by Gasteiger charge is 2.31. The SMILES string of the molecule is Clc1ccc(-c2nnc(C(c3ccccc3)N3CCC(Cc4ccccc4)CC3)o2)cc1. The number of likely N-dealkylation sites (tertiary alicyclic amines) is 1. The molecule has 0 aliphatic carbocycles. The number of aromatic nitrogens is 2. The van der Waals surface area contributed by atoms with Gasteiger partial charge in [0, 0.05) is 10.6 Å². The van der Waals surface area contributed by atoms with Crippen molar-refractivity contribution in [2.45, 2.75) is 25.3 Å². The monoisotopic (exact) mass is 443 g/mol. The first-order chi connectivity index (χ1) is 15.8. The summed E-state index contributed by atoms with van der Waals surface area (Å²) in [5.74, 6) is 1.87. The van der Waals surface area contributed by atoms with Gasteiger partial charge in [-0.3, -0.25) is 4.90 Å². The molecule has 1 unspecified atom stereocenters. The Morgan fingerprint density at radius 1 is 0.844 bits per heavy atom. The molecule has 0 N–H and O–H groups in total. The van der Waals surface area contributed by atoms with Crippen molar-refractivity contribution in [1.29, 1.82) is 0 Å². The van der Waals surface area contributed by atoms with Crippen LogP contribution in [0.5, 0.6) is 0 Å². The minimum Gasteiger partial charge on any atom is -0.419 e. The standard InChI is InChI=1S/C27H26ClN3O/c28-24-13-11-23(12-14-24)26-29-30-27(32-26)25(22-9-5-2-6-10-22)31-17-15-21(16-18-31)19-20-7-3-1-4-8-20/h1-14,21,25H,15-19H2. The maximum Gasteiger partial charge on any atom is 0.247 e. The first-order valence-corrected chi connectivity index (χ1v) is 11.6. The van der Waals surface area contributed by atoms with E-state index in [2.05, 4.69) is 69.7 Å². The molecule has 5 rings (SSSR count). The normalized spacial score (nSPS) is 16.2. The van der Waals surface area contributed by atoms with E-state index < -0.39 is 0 Å². The Morgan fingerprint density at radius 2 is 1.50 bits per heavy atom. The van der Waals surface area contributed by atoms with E-state index in [0.29, 0.717) is 22.7 Å². The molecule has 0 spiro atoms. The van der Waals surface area contributed by atoms with Crippen LogP contribution >= 0.6 is 11.6 Å². The summed E-state index contributed by atoms with van der Waals surface area (Å²) in [6, 6.07) is 28.7. The first kappa shape index (κ1) is 20.9. The first-order valence-electron chi connectivity index (χ1n) is 11.2. The number of hydrogen-bond acceptors (Lipinski definition) is 4. The van der Waals surface area contributed by atoms with Gasteiger partial charge in [-0.15, -0.1) is 10.2 Å². The summed E-state index contributed by atoms with van der Waals surface area (Å²) in [6.07, 6.45) is 3.47. The fourth-order valence-corrected chi connectivity index (χ4v) is 4.69. The van der Waals surface area contributed by atoms with Gasteiger partial charge < -0.3 is 4.42 Å². The zero-order chi connectivity index (χ0) is 21.8. The number of rotatable bonds is 6. The Labute approximate surface area is 193 Å². The van der Waals surface area contributed by atoms with E-state index in [0.717, 1.165) is 37.9 Å². The van der Waals surface area contributed by atoms with Gasteiger partial charge in [-0.1, -0.05) is 72.3 Å². The van der Waals surface area contributed by atoms with E-state index in [9.17, 15) is 0 Å². The molecule has 1 fully saturated rings. The van der Waals surface area contributed by atoms with Crippen molar-refractivity contribution in [3.63, 3.8) is 0 Å². The van der Waals surface area contributed by atoms with E-state index in [1.54, 1.807) is 0 Å². The second-order valence-electron chi connectivity index (χ2n) is 8.43. The summed E-state index contributed by atoms with van der Waals surface area (Å²) in [4.78, 5) is 2.48.